The molecule has 0 unspecified atom stereocenters. The van der Waals surface area contributed by atoms with Gasteiger partial charge in [-0.2, -0.15) is 0 Å². The first-order chi connectivity index (χ1) is 7.16. The molecule has 0 bridgehead atoms. The second-order valence-corrected chi connectivity index (χ2v) is 4.19. The van der Waals surface area contributed by atoms with E-state index in [0.717, 1.165) is 15.9 Å². The van der Waals surface area contributed by atoms with E-state index >= 15 is 0 Å². The molecule has 0 atom stereocenters. The Labute approximate surface area is 100 Å². The van der Waals surface area contributed by atoms with Crippen molar-refractivity contribution in [3.8, 4) is 11.3 Å². The van der Waals surface area contributed by atoms with Crippen molar-refractivity contribution in [2.24, 2.45) is 0 Å². The second-order valence-electron chi connectivity index (χ2n) is 2.97. The fraction of sp³-hybridized carbons (Fsp3) is 0. The van der Waals surface area contributed by atoms with Crippen molar-refractivity contribution in [2.45, 2.75) is 0 Å². The standard InChI is InChI=1S/C11H6BrClFN/c12-11-3-1-2-10(15-11)7-4-5-9(14)8(13)6-7/h1-6H. The van der Waals surface area contributed by atoms with Gasteiger partial charge in [0.2, 0.25) is 0 Å². The van der Waals surface area contributed by atoms with E-state index in [1.807, 2.05) is 18.2 Å². The maximum absolute atomic E-state index is 12.9. The first kappa shape index (κ1) is 10.6. The zero-order valence-corrected chi connectivity index (χ0v) is 9.89. The molecule has 2 rings (SSSR count). The van der Waals surface area contributed by atoms with Crippen LogP contribution in [0.1, 0.15) is 0 Å². The average Bonchev–Trinajstić information content (AvgIpc) is 2.22. The van der Waals surface area contributed by atoms with Crippen molar-refractivity contribution < 1.29 is 4.39 Å². The number of halogens is 3. The molecule has 0 aliphatic heterocycles. The molecule has 1 nitrogen and oxygen atoms in total. The van der Waals surface area contributed by atoms with Gasteiger partial charge in [-0.15, -0.1) is 0 Å². The molecule has 4 heteroatoms. The summed E-state index contributed by atoms with van der Waals surface area (Å²) in [5.41, 5.74) is 1.55. The Balaban J connectivity index is 2.50. The lowest BCUT2D eigenvalue weighted by Crippen LogP contribution is -1.85. The number of pyridine rings is 1. The summed E-state index contributed by atoms with van der Waals surface area (Å²) in [5, 5.41) is 0.106. The SMILES string of the molecule is Fc1ccc(-c2cccc(Br)n2)cc1Cl. The van der Waals surface area contributed by atoms with E-state index in [1.165, 1.54) is 6.07 Å². The van der Waals surface area contributed by atoms with Gasteiger partial charge in [-0.05, 0) is 46.3 Å². The summed E-state index contributed by atoms with van der Waals surface area (Å²) in [6.07, 6.45) is 0. The van der Waals surface area contributed by atoms with E-state index < -0.39 is 5.82 Å². The molecule has 0 aliphatic carbocycles. The Bertz CT molecular complexity index is 502. The second kappa shape index (κ2) is 4.29. The monoisotopic (exact) mass is 285 g/mol. The van der Waals surface area contributed by atoms with Gasteiger partial charge in [-0.25, -0.2) is 9.37 Å². The Morgan fingerprint density at radius 2 is 2.00 bits per heavy atom. The van der Waals surface area contributed by atoms with Crippen LogP contribution in [0.2, 0.25) is 5.02 Å². The Hall–Kier alpha value is -0.930. The van der Waals surface area contributed by atoms with Gasteiger partial charge in [0, 0.05) is 5.56 Å². The Morgan fingerprint density at radius 3 is 2.67 bits per heavy atom. The van der Waals surface area contributed by atoms with E-state index in [-0.39, 0.29) is 5.02 Å². The van der Waals surface area contributed by atoms with Gasteiger partial charge in [0.1, 0.15) is 10.4 Å². The maximum atomic E-state index is 12.9. The smallest absolute Gasteiger partial charge is 0.141 e. The van der Waals surface area contributed by atoms with Crippen molar-refractivity contribution in [3.63, 3.8) is 0 Å². The highest BCUT2D eigenvalue weighted by molar-refractivity contribution is 9.10. The van der Waals surface area contributed by atoms with Gasteiger partial charge < -0.3 is 0 Å². The quantitative estimate of drug-likeness (QED) is 0.712. The summed E-state index contributed by atoms with van der Waals surface area (Å²) in [6.45, 7) is 0. The predicted molar refractivity (Wildman–Crippen MR) is 62.3 cm³/mol. The minimum absolute atomic E-state index is 0.106. The van der Waals surface area contributed by atoms with E-state index in [4.69, 9.17) is 11.6 Å². The van der Waals surface area contributed by atoms with E-state index in [2.05, 4.69) is 20.9 Å². The highest BCUT2D eigenvalue weighted by Gasteiger charge is 2.04. The molecule has 15 heavy (non-hydrogen) atoms. The lowest BCUT2D eigenvalue weighted by atomic mass is 10.1. The first-order valence-corrected chi connectivity index (χ1v) is 5.42. The largest absolute Gasteiger partial charge is 0.241 e. The van der Waals surface area contributed by atoms with Crippen LogP contribution in [-0.4, -0.2) is 4.98 Å². The predicted octanol–water partition coefficient (Wildman–Crippen LogP) is 4.30. The van der Waals surface area contributed by atoms with Gasteiger partial charge in [0.05, 0.1) is 10.7 Å². The molecule has 1 aromatic carbocycles. The third-order valence-electron chi connectivity index (χ3n) is 1.93. The molecule has 0 spiro atoms. The Morgan fingerprint density at radius 1 is 1.20 bits per heavy atom. The van der Waals surface area contributed by atoms with E-state index in [1.54, 1.807) is 12.1 Å². The van der Waals surface area contributed by atoms with Gasteiger partial charge >= 0.3 is 0 Å². The van der Waals surface area contributed by atoms with Crippen molar-refractivity contribution in [1.29, 1.82) is 0 Å². The lowest BCUT2D eigenvalue weighted by Gasteiger charge is -2.02. The maximum Gasteiger partial charge on any atom is 0.141 e. The molecule has 1 heterocycles. The first-order valence-electron chi connectivity index (χ1n) is 4.25. The molecule has 0 aliphatic rings. The number of nitrogens with zero attached hydrogens (tertiary/aromatic N) is 1. The molecule has 0 N–H and O–H groups in total. The van der Waals surface area contributed by atoms with Gasteiger partial charge in [-0.1, -0.05) is 17.7 Å². The molecular weight excluding hydrogens is 280 g/mol. The summed E-state index contributed by atoms with van der Waals surface area (Å²) < 4.78 is 13.7. The molecule has 2 aromatic rings. The van der Waals surface area contributed by atoms with Crippen molar-refractivity contribution in [1.82, 2.24) is 4.98 Å². The zero-order chi connectivity index (χ0) is 10.8. The van der Waals surface area contributed by atoms with E-state index in [9.17, 15) is 4.39 Å². The average molecular weight is 287 g/mol. The molecule has 0 saturated carbocycles. The van der Waals surface area contributed by atoms with Crippen LogP contribution < -0.4 is 0 Å². The van der Waals surface area contributed by atoms with Crippen LogP contribution in [0, 0.1) is 5.82 Å². The van der Waals surface area contributed by atoms with Gasteiger partial charge in [-0.3, -0.25) is 0 Å². The number of aromatic nitrogens is 1. The molecule has 0 amide bonds. The summed E-state index contributed by atoms with van der Waals surface area (Å²) >= 11 is 8.96. The topological polar surface area (TPSA) is 12.9 Å². The normalized spacial score (nSPS) is 10.3. The fourth-order valence-corrected chi connectivity index (χ4v) is 1.75. The van der Waals surface area contributed by atoms with Crippen molar-refractivity contribution in [2.75, 3.05) is 0 Å². The van der Waals surface area contributed by atoms with Crippen LogP contribution in [0.3, 0.4) is 0 Å². The number of rotatable bonds is 1. The molecule has 0 fully saturated rings. The fourth-order valence-electron chi connectivity index (χ4n) is 1.22. The summed E-state index contributed by atoms with van der Waals surface area (Å²) in [5.74, 6) is -0.421. The summed E-state index contributed by atoms with van der Waals surface area (Å²) in [6, 6.07) is 10.1. The van der Waals surface area contributed by atoms with Crippen LogP contribution in [0.25, 0.3) is 11.3 Å². The molecule has 0 radical (unpaired) electrons. The third kappa shape index (κ3) is 2.36. The van der Waals surface area contributed by atoms with E-state index in [0.29, 0.717) is 0 Å². The van der Waals surface area contributed by atoms with Crippen molar-refractivity contribution in [3.05, 3.63) is 51.8 Å². The minimum Gasteiger partial charge on any atom is -0.241 e. The van der Waals surface area contributed by atoms with Crippen LogP contribution >= 0.6 is 27.5 Å². The van der Waals surface area contributed by atoms with Gasteiger partial charge in [0.25, 0.3) is 0 Å². The molecular formula is C11H6BrClFN. The van der Waals surface area contributed by atoms with Gasteiger partial charge in [0.15, 0.2) is 0 Å². The number of benzene rings is 1. The van der Waals surface area contributed by atoms with Crippen LogP contribution in [-0.2, 0) is 0 Å². The highest BCUT2D eigenvalue weighted by atomic mass is 79.9. The van der Waals surface area contributed by atoms with Crippen molar-refractivity contribution >= 4 is 27.5 Å². The van der Waals surface area contributed by atoms with Crippen LogP contribution in [0.4, 0.5) is 4.39 Å². The number of hydrogen-bond donors (Lipinski definition) is 0. The van der Waals surface area contributed by atoms with Crippen LogP contribution in [0.15, 0.2) is 41.0 Å². The molecule has 76 valence electrons. The summed E-state index contributed by atoms with van der Waals surface area (Å²) in [7, 11) is 0. The highest BCUT2D eigenvalue weighted by Crippen LogP contribution is 2.24. The molecule has 1 aromatic heterocycles. The van der Waals surface area contributed by atoms with Crippen LogP contribution in [0.5, 0.6) is 0 Å². The minimum atomic E-state index is -0.421. The molecule has 0 saturated heterocycles. The lowest BCUT2D eigenvalue weighted by molar-refractivity contribution is 0.628. The summed E-state index contributed by atoms with van der Waals surface area (Å²) in [4.78, 5) is 4.25. The Kier molecular flexibility index (Phi) is 3.03. The third-order valence-corrected chi connectivity index (χ3v) is 2.66. The number of hydrogen-bond acceptors (Lipinski definition) is 1. The zero-order valence-electron chi connectivity index (χ0n) is 7.55.